The molecule has 2 rings (SSSR count). The molecular formula is C7H10N6. The first-order chi connectivity index (χ1) is 6.29. The van der Waals surface area contributed by atoms with E-state index < -0.39 is 0 Å². The molecule has 1 aromatic heterocycles. The topological polar surface area (TPSA) is 104 Å². The molecular weight excluding hydrogens is 168 g/mol. The second-order valence-corrected chi connectivity index (χ2v) is 2.97. The highest BCUT2D eigenvalue weighted by Crippen LogP contribution is 2.24. The van der Waals surface area contributed by atoms with E-state index in [2.05, 4.69) is 20.6 Å². The van der Waals surface area contributed by atoms with Gasteiger partial charge in [-0.1, -0.05) is 0 Å². The standard InChI is InChI=1S/C7H10N6/c8-5-3-1-2-4(5)6(9)7-10-12-13-11-7/h9H,1-3,8H2,(H,10,11,12,13). The summed E-state index contributed by atoms with van der Waals surface area (Å²) in [7, 11) is 0. The Kier molecular flexibility index (Phi) is 1.80. The molecule has 0 spiro atoms. The van der Waals surface area contributed by atoms with Crippen molar-refractivity contribution < 1.29 is 0 Å². The number of hydrogen-bond donors (Lipinski definition) is 3. The van der Waals surface area contributed by atoms with Crippen LogP contribution in [0.3, 0.4) is 0 Å². The highest BCUT2D eigenvalue weighted by atomic mass is 15.5. The van der Waals surface area contributed by atoms with Crippen LogP contribution in [-0.4, -0.2) is 26.3 Å². The van der Waals surface area contributed by atoms with E-state index in [0.29, 0.717) is 11.5 Å². The van der Waals surface area contributed by atoms with E-state index in [0.717, 1.165) is 30.5 Å². The van der Waals surface area contributed by atoms with Crippen molar-refractivity contribution in [2.75, 3.05) is 0 Å². The summed E-state index contributed by atoms with van der Waals surface area (Å²) in [6.07, 6.45) is 2.73. The maximum atomic E-state index is 7.75. The molecule has 0 radical (unpaired) electrons. The largest absolute Gasteiger partial charge is 0.402 e. The summed E-state index contributed by atoms with van der Waals surface area (Å²) in [6, 6.07) is 0. The third-order valence-electron chi connectivity index (χ3n) is 2.13. The Morgan fingerprint density at radius 2 is 2.31 bits per heavy atom. The zero-order valence-electron chi connectivity index (χ0n) is 7.04. The zero-order valence-corrected chi connectivity index (χ0v) is 7.04. The van der Waals surface area contributed by atoms with Crippen LogP contribution in [0.2, 0.25) is 0 Å². The SMILES string of the molecule is N=C(C1=C(N)CCC1)c1nn[nH]n1. The summed E-state index contributed by atoms with van der Waals surface area (Å²) < 4.78 is 0. The molecule has 6 heteroatoms. The number of aromatic amines is 1. The lowest BCUT2D eigenvalue weighted by Gasteiger charge is -2.00. The minimum Gasteiger partial charge on any atom is -0.402 e. The third kappa shape index (κ3) is 1.30. The fourth-order valence-corrected chi connectivity index (χ4v) is 1.46. The van der Waals surface area contributed by atoms with E-state index in [-0.39, 0.29) is 0 Å². The smallest absolute Gasteiger partial charge is 0.222 e. The number of nitrogens with one attached hydrogen (secondary N) is 2. The second-order valence-electron chi connectivity index (χ2n) is 2.97. The van der Waals surface area contributed by atoms with Crippen molar-refractivity contribution in [3.8, 4) is 0 Å². The van der Waals surface area contributed by atoms with E-state index in [4.69, 9.17) is 11.1 Å². The molecule has 0 fully saturated rings. The Bertz CT molecular complexity index is 349. The van der Waals surface area contributed by atoms with Crippen LogP contribution >= 0.6 is 0 Å². The van der Waals surface area contributed by atoms with Gasteiger partial charge in [-0.25, -0.2) is 0 Å². The first kappa shape index (κ1) is 7.90. The van der Waals surface area contributed by atoms with Crippen LogP contribution in [0.25, 0.3) is 0 Å². The van der Waals surface area contributed by atoms with Crippen LogP contribution in [0, 0.1) is 5.41 Å². The molecule has 0 bridgehead atoms. The van der Waals surface area contributed by atoms with Crippen LogP contribution in [0.1, 0.15) is 25.1 Å². The van der Waals surface area contributed by atoms with Gasteiger partial charge in [-0.3, -0.25) is 5.41 Å². The fraction of sp³-hybridized carbons (Fsp3) is 0.429. The molecule has 4 N–H and O–H groups in total. The number of aromatic nitrogens is 4. The highest BCUT2D eigenvalue weighted by molar-refractivity contribution is 6.08. The van der Waals surface area contributed by atoms with Crippen LogP contribution < -0.4 is 5.73 Å². The van der Waals surface area contributed by atoms with Crippen LogP contribution in [-0.2, 0) is 0 Å². The number of nitrogens with two attached hydrogens (primary N) is 1. The van der Waals surface area contributed by atoms with E-state index >= 15 is 0 Å². The third-order valence-corrected chi connectivity index (χ3v) is 2.13. The summed E-state index contributed by atoms with van der Waals surface area (Å²) in [5.41, 5.74) is 7.68. The van der Waals surface area contributed by atoms with E-state index in [9.17, 15) is 0 Å². The number of rotatable bonds is 2. The van der Waals surface area contributed by atoms with Crippen molar-refractivity contribution in [3.63, 3.8) is 0 Å². The fourth-order valence-electron chi connectivity index (χ4n) is 1.46. The molecule has 6 nitrogen and oxygen atoms in total. The van der Waals surface area contributed by atoms with Gasteiger partial charge in [-0.05, 0) is 30.0 Å². The minimum absolute atomic E-state index is 0.295. The zero-order chi connectivity index (χ0) is 9.26. The van der Waals surface area contributed by atoms with Crippen molar-refractivity contribution in [3.05, 3.63) is 17.1 Å². The number of hydrogen-bond acceptors (Lipinski definition) is 5. The van der Waals surface area contributed by atoms with Gasteiger partial charge in [0.25, 0.3) is 0 Å². The average Bonchev–Trinajstić information content (AvgIpc) is 2.72. The van der Waals surface area contributed by atoms with Crippen molar-refractivity contribution in [1.29, 1.82) is 5.41 Å². The molecule has 1 aromatic rings. The molecule has 1 aliphatic rings. The van der Waals surface area contributed by atoms with Gasteiger partial charge in [0.15, 0.2) is 0 Å². The van der Waals surface area contributed by atoms with Gasteiger partial charge in [-0.15, -0.1) is 10.2 Å². The first-order valence-corrected chi connectivity index (χ1v) is 4.09. The molecule has 0 unspecified atom stereocenters. The Hall–Kier alpha value is -1.72. The summed E-state index contributed by atoms with van der Waals surface area (Å²) in [5, 5.41) is 20.9. The maximum absolute atomic E-state index is 7.75. The Balaban J connectivity index is 2.28. The normalized spacial score (nSPS) is 16.6. The second kappa shape index (κ2) is 2.96. The lowest BCUT2D eigenvalue weighted by atomic mass is 10.1. The predicted octanol–water partition coefficient (Wildman–Crippen LogP) is -0.0357. The molecule has 1 heterocycles. The molecule has 0 saturated carbocycles. The molecule has 0 aliphatic heterocycles. The number of H-pyrrole nitrogens is 1. The minimum atomic E-state index is 0.295. The lowest BCUT2D eigenvalue weighted by molar-refractivity contribution is 0.881. The van der Waals surface area contributed by atoms with Crippen molar-refractivity contribution in [1.82, 2.24) is 20.6 Å². The molecule has 0 atom stereocenters. The van der Waals surface area contributed by atoms with E-state index in [1.54, 1.807) is 0 Å². The van der Waals surface area contributed by atoms with Crippen LogP contribution in [0.4, 0.5) is 0 Å². The van der Waals surface area contributed by atoms with Crippen molar-refractivity contribution >= 4 is 5.71 Å². The summed E-state index contributed by atoms with van der Waals surface area (Å²) in [4.78, 5) is 0. The van der Waals surface area contributed by atoms with Crippen LogP contribution in [0.15, 0.2) is 11.3 Å². The molecule has 0 saturated heterocycles. The monoisotopic (exact) mass is 178 g/mol. The van der Waals surface area contributed by atoms with Gasteiger partial charge < -0.3 is 5.73 Å². The molecule has 0 aromatic carbocycles. The highest BCUT2D eigenvalue weighted by Gasteiger charge is 2.19. The molecule has 13 heavy (non-hydrogen) atoms. The van der Waals surface area contributed by atoms with Gasteiger partial charge in [0.05, 0.1) is 0 Å². The summed E-state index contributed by atoms with van der Waals surface area (Å²) >= 11 is 0. The first-order valence-electron chi connectivity index (χ1n) is 4.09. The molecule has 1 aliphatic carbocycles. The Morgan fingerprint density at radius 3 is 2.85 bits per heavy atom. The van der Waals surface area contributed by atoms with Crippen LogP contribution in [0.5, 0.6) is 0 Å². The van der Waals surface area contributed by atoms with Gasteiger partial charge in [-0.2, -0.15) is 5.21 Å². The number of allylic oxidation sites excluding steroid dienone is 2. The van der Waals surface area contributed by atoms with Gasteiger partial charge in [0.1, 0.15) is 5.71 Å². The van der Waals surface area contributed by atoms with Gasteiger partial charge >= 0.3 is 0 Å². The summed E-state index contributed by atoms with van der Waals surface area (Å²) in [6.45, 7) is 0. The van der Waals surface area contributed by atoms with Crippen molar-refractivity contribution in [2.45, 2.75) is 19.3 Å². The maximum Gasteiger partial charge on any atom is 0.222 e. The lowest BCUT2D eigenvalue weighted by Crippen LogP contribution is -2.09. The van der Waals surface area contributed by atoms with Gasteiger partial charge in [0, 0.05) is 5.70 Å². The van der Waals surface area contributed by atoms with Crippen molar-refractivity contribution in [2.24, 2.45) is 5.73 Å². The van der Waals surface area contributed by atoms with E-state index in [1.165, 1.54) is 0 Å². The predicted molar refractivity (Wildman–Crippen MR) is 46.1 cm³/mol. The van der Waals surface area contributed by atoms with Gasteiger partial charge in [0.2, 0.25) is 5.82 Å². The quantitative estimate of drug-likeness (QED) is 0.553. The Morgan fingerprint density at radius 1 is 1.46 bits per heavy atom. The summed E-state index contributed by atoms with van der Waals surface area (Å²) in [5.74, 6) is 0.319. The number of tetrazole rings is 1. The van der Waals surface area contributed by atoms with E-state index in [1.807, 2.05) is 0 Å². The Labute approximate surface area is 74.7 Å². The molecule has 68 valence electrons. The average molecular weight is 178 g/mol. The molecule has 0 amide bonds. The number of nitrogens with zero attached hydrogens (tertiary/aromatic N) is 3.